The predicted molar refractivity (Wildman–Crippen MR) is 212 cm³/mol. The first-order valence-corrected chi connectivity index (χ1v) is 19.8. The maximum atomic E-state index is 3.06. The Bertz CT molecular complexity index is 1760. The van der Waals surface area contributed by atoms with Crippen molar-refractivity contribution in [3.05, 3.63) is 217 Å². The molecule has 2 radical (unpaired) electrons. The summed E-state index contributed by atoms with van der Waals surface area (Å²) in [6.07, 6.45) is 10.0. The van der Waals surface area contributed by atoms with Crippen molar-refractivity contribution in [3.8, 4) is 0 Å². The number of hydrogen-bond donors (Lipinski definition) is 0. The Hall–Kier alpha value is -3.85. The van der Waals surface area contributed by atoms with Crippen molar-refractivity contribution in [1.82, 2.24) is 0 Å². The molecule has 0 N–H and O–H groups in total. The second-order valence-electron chi connectivity index (χ2n) is 10.5. The molecule has 0 bridgehead atoms. The number of anilines is 1. The van der Waals surface area contributed by atoms with Gasteiger partial charge in [0.25, 0.3) is 0 Å². The van der Waals surface area contributed by atoms with Crippen LogP contribution in [-0.2, 0) is 36.4 Å². The van der Waals surface area contributed by atoms with Gasteiger partial charge in [-0.3, -0.25) is 6.08 Å². The Morgan fingerprint density at radius 2 is 1.06 bits per heavy atom. The fraction of sp³-hybridized carbons (Fsp3) is 0.0682. The van der Waals surface area contributed by atoms with E-state index in [9.17, 15) is 0 Å². The summed E-state index contributed by atoms with van der Waals surface area (Å²) in [7, 11) is 0. The van der Waals surface area contributed by atoms with E-state index in [0.717, 1.165) is 19.5 Å². The van der Waals surface area contributed by atoms with Gasteiger partial charge in [-0.2, -0.15) is 78.9 Å². The van der Waals surface area contributed by atoms with Gasteiger partial charge >= 0.3 is 30.2 Å². The van der Waals surface area contributed by atoms with E-state index in [0.29, 0.717) is 0 Å². The van der Waals surface area contributed by atoms with Crippen molar-refractivity contribution in [2.75, 3.05) is 4.90 Å². The third-order valence-electron chi connectivity index (χ3n) is 7.19. The van der Waals surface area contributed by atoms with Gasteiger partial charge in [0.2, 0.25) is 0 Å². The number of rotatable bonds is 5. The molecular formula is C44H39Cl2NSiZr-4. The van der Waals surface area contributed by atoms with E-state index in [2.05, 4.69) is 145 Å². The Balaban J connectivity index is 0.000000323. The first kappa shape index (κ1) is 41.3. The molecule has 7 aromatic rings. The monoisotopic (exact) mass is 769 g/mol. The van der Waals surface area contributed by atoms with Gasteiger partial charge in [0.05, 0.1) is 0 Å². The second-order valence-corrected chi connectivity index (χ2v) is 10.5. The average Bonchev–Trinajstić information content (AvgIpc) is 3.87. The Kier molecular flexibility index (Phi) is 21.2. The van der Waals surface area contributed by atoms with Crippen molar-refractivity contribution in [1.29, 1.82) is 0 Å². The van der Waals surface area contributed by atoms with Gasteiger partial charge in [-0.15, -0.1) is 64.9 Å². The average molecular weight is 772 g/mol. The minimum absolute atomic E-state index is 0. The number of halogens is 2. The van der Waals surface area contributed by atoms with Gasteiger partial charge in [0.1, 0.15) is 0 Å². The smallest absolute Gasteiger partial charge is 0.0427 e. The predicted octanol–water partition coefficient (Wildman–Crippen LogP) is 11.7. The molecule has 0 fully saturated rings. The molecule has 1 nitrogen and oxygen atoms in total. The van der Waals surface area contributed by atoms with Gasteiger partial charge in [0, 0.05) is 18.8 Å². The normalized spacial score (nSPS) is 10.2. The molecule has 246 valence electrons. The van der Waals surface area contributed by atoms with E-state index in [1.165, 1.54) is 61.7 Å². The van der Waals surface area contributed by atoms with Crippen molar-refractivity contribution in [2.45, 2.75) is 19.5 Å². The van der Waals surface area contributed by atoms with Crippen LogP contribution in [0.4, 0.5) is 5.69 Å². The molecule has 0 aromatic heterocycles. The van der Waals surface area contributed by atoms with Crippen LogP contribution in [0.5, 0.6) is 0 Å². The number of fused-ring (bicyclic) bond motifs is 3. The standard InChI is InChI=1S/C27H22N.2C6H5.C5H5.2ClH.Si.Zr/c1-3-9-21(10-4-1)19-28(20-22-11-5-2-6-12-22)25-15-16-27-24(18-25)17-23-13-7-8-14-26(23)27;2*1-2-4-6-5-3-1;1-2-4-5-3-1;;;;/h1-18H,19-20H2;2*1-5H;1-3H,4H2;2*1H;;/q4*-1;;;;. The van der Waals surface area contributed by atoms with Gasteiger partial charge in [0.15, 0.2) is 0 Å². The number of hydrogen-bond acceptors (Lipinski definition) is 1. The Morgan fingerprint density at radius 1 is 0.571 bits per heavy atom. The molecule has 0 atom stereocenters. The topological polar surface area (TPSA) is 3.24 Å². The molecule has 7 aromatic carbocycles. The summed E-state index contributed by atoms with van der Waals surface area (Å²) < 4.78 is 0. The molecule has 5 heteroatoms. The Morgan fingerprint density at radius 3 is 1.49 bits per heavy atom. The zero-order valence-electron chi connectivity index (χ0n) is 27.3. The van der Waals surface area contributed by atoms with E-state index in [-0.39, 0.29) is 24.8 Å². The quantitative estimate of drug-likeness (QED) is 0.124. The molecule has 0 spiro atoms. The van der Waals surface area contributed by atoms with Gasteiger partial charge in [-0.05, 0) is 11.1 Å². The van der Waals surface area contributed by atoms with Crippen LogP contribution < -0.4 is 4.90 Å². The molecule has 0 aliphatic heterocycles. The largest absolute Gasteiger partial charge is 0.369 e. The fourth-order valence-electron chi connectivity index (χ4n) is 5.02. The molecular weight excluding hydrogens is 733 g/mol. The van der Waals surface area contributed by atoms with E-state index in [1.54, 1.807) is 0 Å². The third-order valence-corrected chi connectivity index (χ3v) is 7.19. The third kappa shape index (κ3) is 14.7. The molecule has 1 aliphatic carbocycles. The summed E-state index contributed by atoms with van der Waals surface area (Å²) in [4.78, 5) is 2.46. The van der Waals surface area contributed by atoms with Gasteiger partial charge in [-0.25, -0.2) is 12.2 Å². The van der Waals surface area contributed by atoms with Gasteiger partial charge in [-0.1, -0.05) is 97.1 Å². The first-order valence-electron chi connectivity index (χ1n) is 15.6. The fourth-order valence-corrected chi connectivity index (χ4v) is 5.02. The molecule has 0 heterocycles. The van der Waals surface area contributed by atoms with E-state index in [1.807, 2.05) is 72.8 Å². The summed E-state index contributed by atoms with van der Waals surface area (Å²) >= 11 is 1.36. The maximum Gasteiger partial charge on any atom is 0.0427 e. The van der Waals surface area contributed by atoms with Crippen molar-refractivity contribution < 1.29 is 23.3 Å². The molecule has 1 aliphatic rings. The zero-order valence-corrected chi connectivity index (χ0v) is 32.4. The van der Waals surface area contributed by atoms with E-state index in [4.69, 9.17) is 0 Å². The molecule has 0 saturated heterocycles. The maximum absolute atomic E-state index is 3.06. The van der Waals surface area contributed by atoms with Crippen LogP contribution in [0.15, 0.2) is 188 Å². The summed E-state index contributed by atoms with van der Waals surface area (Å²) in [6, 6.07) is 64.2. The zero-order chi connectivity index (χ0) is 32.8. The molecule has 0 saturated carbocycles. The SMILES string of the molecule is Cl.Cl.[C-]1=CC=CC1.[Si]=[Zr].[c-]1ccccc1.[c-]1ccccc1.c1ccc(CN(Cc2ccccc2)c2ccc3c(c2)[cH-]c2ccccc23)cc1. The number of nitrogens with zero attached hydrogens (tertiary/aromatic N) is 1. The van der Waals surface area contributed by atoms with Crippen LogP contribution >= 0.6 is 24.8 Å². The summed E-state index contributed by atoms with van der Waals surface area (Å²) in [5.41, 5.74) is 3.91. The molecule has 8 rings (SSSR count). The second kappa shape index (κ2) is 25.2. The van der Waals surface area contributed by atoms with Crippen molar-refractivity contribution >= 4 is 58.9 Å². The summed E-state index contributed by atoms with van der Waals surface area (Å²) in [5.74, 6) is 0. The van der Waals surface area contributed by atoms with E-state index >= 15 is 0 Å². The molecule has 0 amide bonds. The van der Waals surface area contributed by atoms with Crippen LogP contribution in [-0.4, -0.2) is 6.88 Å². The number of benzene rings is 6. The Labute approximate surface area is 321 Å². The van der Waals surface area contributed by atoms with Gasteiger partial charge < -0.3 is 4.90 Å². The van der Waals surface area contributed by atoms with Crippen LogP contribution in [0.25, 0.3) is 21.5 Å². The summed E-state index contributed by atoms with van der Waals surface area (Å²) in [6.45, 7) is 4.84. The van der Waals surface area contributed by atoms with Crippen LogP contribution in [0, 0.1) is 18.2 Å². The van der Waals surface area contributed by atoms with Crippen LogP contribution in [0.2, 0.25) is 0 Å². The van der Waals surface area contributed by atoms with Crippen molar-refractivity contribution in [2.24, 2.45) is 0 Å². The minimum atomic E-state index is 0. The number of allylic oxidation sites excluding steroid dienone is 4. The molecule has 0 unspecified atom stereocenters. The first-order chi connectivity index (χ1) is 23.4. The van der Waals surface area contributed by atoms with Crippen LogP contribution in [0.3, 0.4) is 0 Å². The summed E-state index contributed by atoms with van der Waals surface area (Å²) in [5, 5.41) is 5.29. The van der Waals surface area contributed by atoms with Crippen LogP contribution in [0.1, 0.15) is 17.5 Å². The van der Waals surface area contributed by atoms with E-state index < -0.39 is 0 Å². The molecule has 49 heavy (non-hydrogen) atoms. The minimum Gasteiger partial charge on any atom is -0.369 e. The van der Waals surface area contributed by atoms with Crippen molar-refractivity contribution in [3.63, 3.8) is 0 Å².